The molecule has 5 heteroatoms. The number of terminal acetylenes is 1. The molecule has 1 rings (SSSR count). The van der Waals surface area contributed by atoms with E-state index in [0.717, 1.165) is 0 Å². The fourth-order valence-electron chi connectivity index (χ4n) is 1.04. The highest BCUT2D eigenvalue weighted by Crippen LogP contribution is 2.15. The lowest BCUT2D eigenvalue weighted by Gasteiger charge is -2.19. The van der Waals surface area contributed by atoms with Crippen LogP contribution in [0, 0.1) is 12.3 Å². The molecule has 0 aromatic heterocycles. The summed E-state index contributed by atoms with van der Waals surface area (Å²) in [6, 6.07) is 5.88. The molecule has 0 aliphatic carbocycles. The average molecular weight is 258 g/mol. The highest BCUT2D eigenvalue weighted by molar-refractivity contribution is 7.89. The molecule has 3 nitrogen and oxygen atoms in total. The third-order valence-electron chi connectivity index (χ3n) is 1.87. The van der Waals surface area contributed by atoms with Gasteiger partial charge in [-0.05, 0) is 38.1 Å². The smallest absolute Gasteiger partial charge is 0.207 e. The number of halogens is 1. The van der Waals surface area contributed by atoms with Crippen molar-refractivity contribution in [2.24, 2.45) is 0 Å². The van der Waals surface area contributed by atoms with E-state index in [0.29, 0.717) is 5.02 Å². The second-order valence-corrected chi connectivity index (χ2v) is 5.95. The quantitative estimate of drug-likeness (QED) is 0.843. The van der Waals surface area contributed by atoms with Gasteiger partial charge in [0.25, 0.3) is 0 Å². The van der Waals surface area contributed by atoms with Crippen molar-refractivity contribution in [3.8, 4) is 12.3 Å². The van der Waals surface area contributed by atoms with E-state index in [9.17, 15) is 8.42 Å². The van der Waals surface area contributed by atoms with Gasteiger partial charge in [0, 0.05) is 5.02 Å². The van der Waals surface area contributed by atoms with E-state index in [1.165, 1.54) is 24.3 Å². The molecule has 0 saturated carbocycles. The maximum atomic E-state index is 11.9. The molecular formula is C11H12ClNO2S. The van der Waals surface area contributed by atoms with E-state index in [4.69, 9.17) is 18.0 Å². The summed E-state index contributed by atoms with van der Waals surface area (Å²) in [6.07, 6.45) is 5.22. The van der Waals surface area contributed by atoms with Crippen LogP contribution < -0.4 is 4.72 Å². The average Bonchev–Trinajstić information content (AvgIpc) is 2.17. The topological polar surface area (TPSA) is 46.2 Å². The second-order valence-electron chi connectivity index (χ2n) is 3.83. The predicted octanol–water partition coefficient (Wildman–Crippen LogP) is 2.03. The zero-order valence-electron chi connectivity index (χ0n) is 8.99. The maximum Gasteiger partial charge on any atom is 0.241 e. The van der Waals surface area contributed by atoms with Crippen LogP contribution in [-0.4, -0.2) is 14.0 Å². The summed E-state index contributed by atoms with van der Waals surface area (Å²) in [5.74, 6) is 2.36. The molecule has 1 aromatic carbocycles. The molecule has 16 heavy (non-hydrogen) atoms. The van der Waals surface area contributed by atoms with Gasteiger partial charge in [-0.25, -0.2) is 8.42 Å². The highest BCUT2D eigenvalue weighted by Gasteiger charge is 2.23. The number of sulfonamides is 1. The van der Waals surface area contributed by atoms with E-state index in [1.54, 1.807) is 13.8 Å². The standard InChI is InChI=1S/C11H12ClNO2S/c1-4-11(2,3)13-16(14,15)10-7-5-9(12)6-8-10/h1,5-8,13H,2-3H3. The Labute approximate surface area is 101 Å². The molecule has 0 amide bonds. The largest absolute Gasteiger partial charge is 0.241 e. The minimum atomic E-state index is -3.60. The van der Waals surface area contributed by atoms with Crippen LogP contribution >= 0.6 is 11.6 Å². The Morgan fingerprint density at radius 1 is 1.31 bits per heavy atom. The zero-order valence-corrected chi connectivity index (χ0v) is 10.6. The first kappa shape index (κ1) is 13.0. The van der Waals surface area contributed by atoms with Gasteiger partial charge in [0.1, 0.15) is 0 Å². The van der Waals surface area contributed by atoms with Crippen molar-refractivity contribution in [1.82, 2.24) is 4.72 Å². The summed E-state index contributed by atoms with van der Waals surface area (Å²) in [6.45, 7) is 3.22. The molecule has 0 unspecified atom stereocenters. The fourth-order valence-corrected chi connectivity index (χ4v) is 2.51. The molecule has 0 aliphatic rings. The van der Waals surface area contributed by atoms with Crippen LogP contribution in [0.2, 0.25) is 5.02 Å². The summed E-state index contributed by atoms with van der Waals surface area (Å²) in [7, 11) is -3.60. The molecule has 0 saturated heterocycles. The van der Waals surface area contributed by atoms with Crippen LogP contribution in [0.4, 0.5) is 0 Å². The van der Waals surface area contributed by atoms with Crippen molar-refractivity contribution in [3.63, 3.8) is 0 Å². The molecule has 0 radical (unpaired) electrons. The van der Waals surface area contributed by atoms with Gasteiger partial charge in [-0.3, -0.25) is 0 Å². The van der Waals surface area contributed by atoms with E-state index in [2.05, 4.69) is 10.6 Å². The molecule has 0 fully saturated rings. The lowest BCUT2D eigenvalue weighted by atomic mass is 10.1. The van der Waals surface area contributed by atoms with E-state index in [-0.39, 0.29) is 4.90 Å². The van der Waals surface area contributed by atoms with Crippen molar-refractivity contribution in [2.75, 3.05) is 0 Å². The predicted molar refractivity (Wildman–Crippen MR) is 64.7 cm³/mol. The SMILES string of the molecule is C#CC(C)(C)NS(=O)(=O)c1ccc(Cl)cc1. The molecular weight excluding hydrogens is 246 g/mol. The molecule has 86 valence electrons. The molecule has 0 aliphatic heterocycles. The molecule has 0 heterocycles. The van der Waals surface area contributed by atoms with Gasteiger partial charge in [-0.15, -0.1) is 6.42 Å². The third-order valence-corrected chi connectivity index (χ3v) is 3.80. The number of nitrogens with one attached hydrogen (secondary N) is 1. The van der Waals surface area contributed by atoms with Crippen molar-refractivity contribution >= 4 is 21.6 Å². The first-order chi connectivity index (χ1) is 7.27. The van der Waals surface area contributed by atoms with Gasteiger partial charge < -0.3 is 0 Å². The first-order valence-electron chi connectivity index (χ1n) is 4.54. The van der Waals surface area contributed by atoms with Crippen LogP contribution in [-0.2, 0) is 10.0 Å². The van der Waals surface area contributed by atoms with Gasteiger partial charge in [0.15, 0.2) is 0 Å². The zero-order chi connectivity index (χ0) is 12.4. The van der Waals surface area contributed by atoms with Crippen molar-refractivity contribution in [1.29, 1.82) is 0 Å². The van der Waals surface area contributed by atoms with Gasteiger partial charge in [-0.2, -0.15) is 4.72 Å². The van der Waals surface area contributed by atoms with E-state index >= 15 is 0 Å². The van der Waals surface area contributed by atoms with Gasteiger partial charge >= 0.3 is 0 Å². The van der Waals surface area contributed by atoms with Crippen LogP contribution in [0.15, 0.2) is 29.2 Å². The number of benzene rings is 1. The molecule has 1 N–H and O–H groups in total. The van der Waals surface area contributed by atoms with Gasteiger partial charge in [-0.1, -0.05) is 17.5 Å². The Balaban J connectivity index is 3.05. The first-order valence-corrected chi connectivity index (χ1v) is 6.40. The lowest BCUT2D eigenvalue weighted by molar-refractivity contribution is 0.539. The van der Waals surface area contributed by atoms with Crippen molar-refractivity contribution in [2.45, 2.75) is 24.3 Å². The number of hydrogen-bond donors (Lipinski definition) is 1. The monoisotopic (exact) mass is 257 g/mol. The highest BCUT2D eigenvalue weighted by atomic mass is 35.5. The third kappa shape index (κ3) is 3.24. The minimum Gasteiger partial charge on any atom is -0.207 e. The fraction of sp³-hybridized carbons (Fsp3) is 0.273. The number of hydrogen-bond acceptors (Lipinski definition) is 2. The van der Waals surface area contributed by atoms with Crippen molar-refractivity contribution in [3.05, 3.63) is 29.3 Å². The van der Waals surface area contributed by atoms with E-state index in [1.807, 2.05) is 0 Å². The summed E-state index contributed by atoms with van der Waals surface area (Å²) in [5, 5.41) is 0.482. The Kier molecular flexibility index (Phi) is 3.64. The molecule has 0 spiro atoms. The summed E-state index contributed by atoms with van der Waals surface area (Å²) in [5.41, 5.74) is -0.918. The van der Waals surface area contributed by atoms with Crippen LogP contribution in [0.3, 0.4) is 0 Å². The summed E-state index contributed by atoms with van der Waals surface area (Å²) < 4.78 is 26.1. The normalized spacial score (nSPS) is 12.1. The minimum absolute atomic E-state index is 0.139. The molecule has 1 aromatic rings. The Bertz CT molecular complexity index is 512. The summed E-state index contributed by atoms with van der Waals surface area (Å²) >= 11 is 5.67. The van der Waals surface area contributed by atoms with Gasteiger partial charge in [0.2, 0.25) is 10.0 Å². The van der Waals surface area contributed by atoms with Crippen LogP contribution in [0.1, 0.15) is 13.8 Å². The Hall–Kier alpha value is -1.02. The number of rotatable bonds is 3. The Morgan fingerprint density at radius 3 is 2.25 bits per heavy atom. The molecule has 0 atom stereocenters. The van der Waals surface area contributed by atoms with Crippen molar-refractivity contribution < 1.29 is 8.42 Å². The van der Waals surface area contributed by atoms with Crippen LogP contribution in [0.5, 0.6) is 0 Å². The second kappa shape index (κ2) is 4.46. The summed E-state index contributed by atoms with van der Waals surface area (Å²) in [4.78, 5) is 0.139. The van der Waals surface area contributed by atoms with Gasteiger partial charge in [0.05, 0.1) is 10.4 Å². The maximum absolute atomic E-state index is 11.9. The molecule has 0 bridgehead atoms. The van der Waals surface area contributed by atoms with E-state index < -0.39 is 15.6 Å². The lowest BCUT2D eigenvalue weighted by Crippen LogP contribution is -2.41. The van der Waals surface area contributed by atoms with Crippen LogP contribution in [0.25, 0.3) is 0 Å². The Morgan fingerprint density at radius 2 is 1.81 bits per heavy atom.